The summed E-state index contributed by atoms with van der Waals surface area (Å²) in [5, 5.41) is 0. The maximum absolute atomic E-state index is 6.25. The SMILES string of the molecule is CCn1c(C2CC2)nc(-c2cccc(Br)c2)c1N. The molecular formula is C14H16BrN3. The van der Waals surface area contributed by atoms with Gasteiger partial charge in [-0.15, -0.1) is 0 Å². The lowest BCUT2D eigenvalue weighted by molar-refractivity contribution is 0.708. The lowest BCUT2D eigenvalue weighted by Gasteiger charge is -2.05. The van der Waals surface area contributed by atoms with Crippen molar-refractivity contribution in [3.63, 3.8) is 0 Å². The van der Waals surface area contributed by atoms with Crippen molar-refractivity contribution < 1.29 is 0 Å². The molecule has 2 N–H and O–H groups in total. The van der Waals surface area contributed by atoms with Crippen LogP contribution in [0.15, 0.2) is 28.7 Å². The third kappa shape index (κ3) is 1.94. The Morgan fingerprint density at radius 1 is 1.44 bits per heavy atom. The molecule has 0 atom stereocenters. The summed E-state index contributed by atoms with van der Waals surface area (Å²) >= 11 is 3.49. The molecule has 0 aliphatic heterocycles. The largest absolute Gasteiger partial charge is 0.383 e. The fraction of sp³-hybridized carbons (Fsp3) is 0.357. The Labute approximate surface area is 115 Å². The molecule has 1 aliphatic rings. The minimum atomic E-state index is 0.619. The number of imidazole rings is 1. The van der Waals surface area contributed by atoms with Crippen LogP contribution in [0.5, 0.6) is 0 Å². The molecule has 0 saturated heterocycles. The molecule has 1 fully saturated rings. The third-order valence-corrected chi connectivity index (χ3v) is 3.89. The first-order chi connectivity index (χ1) is 8.70. The van der Waals surface area contributed by atoms with E-state index in [2.05, 4.69) is 39.6 Å². The Hall–Kier alpha value is -1.29. The summed E-state index contributed by atoms with van der Waals surface area (Å²) in [7, 11) is 0. The van der Waals surface area contributed by atoms with E-state index in [1.54, 1.807) is 0 Å². The summed E-state index contributed by atoms with van der Waals surface area (Å²) in [5.41, 5.74) is 8.24. The van der Waals surface area contributed by atoms with Gasteiger partial charge in [0.1, 0.15) is 17.3 Å². The number of aromatic nitrogens is 2. The van der Waals surface area contributed by atoms with E-state index in [1.807, 2.05) is 12.1 Å². The summed E-state index contributed by atoms with van der Waals surface area (Å²) < 4.78 is 3.20. The van der Waals surface area contributed by atoms with E-state index in [9.17, 15) is 0 Å². The van der Waals surface area contributed by atoms with E-state index in [0.717, 1.165) is 33.9 Å². The predicted molar refractivity (Wildman–Crippen MR) is 77.4 cm³/mol. The Morgan fingerprint density at radius 3 is 2.83 bits per heavy atom. The molecule has 18 heavy (non-hydrogen) atoms. The fourth-order valence-electron chi connectivity index (χ4n) is 2.32. The van der Waals surface area contributed by atoms with Gasteiger partial charge in [-0.2, -0.15) is 0 Å². The minimum absolute atomic E-state index is 0.619. The van der Waals surface area contributed by atoms with Gasteiger partial charge in [-0.3, -0.25) is 0 Å². The van der Waals surface area contributed by atoms with Crippen LogP contribution in [-0.4, -0.2) is 9.55 Å². The van der Waals surface area contributed by atoms with Gasteiger partial charge in [0.2, 0.25) is 0 Å². The molecule has 0 unspecified atom stereocenters. The van der Waals surface area contributed by atoms with Gasteiger partial charge < -0.3 is 10.3 Å². The zero-order valence-corrected chi connectivity index (χ0v) is 11.9. The maximum atomic E-state index is 6.25. The van der Waals surface area contributed by atoms with Gasteiger partial charge in [-0.05, 0) is 31.9 Å². The molecule has 4 heteroatoms. The molecule has 3 rings (SSSR count). The molecular weight excluding hydrogens is 290 g/mol. The number of nitrogens with two attached hydrogens (primary N) is 1. The van der Waals surface area contributed by atoms with Crippen molar-refractivity contribution in [1.82, 2.24) is 9.55 Å². The molecule has 0 spiro atoms. The number of nitrogens with zero attached hydrogens (tertiary/aromatic N) is 2. The Kier molecular flexibility index (Phi) is 2.90. The van der Waals surface area contributed by atoms with Gasteiger partial charge in [-0.25, -0.2) is 4.98 Å². The monoisotopic (exact) mass is 305 g/mol. The van der Waals surface area contributed by atoms with Crippen molar-refractivity contribution >= 4 is 21.7 Å². The lowest BCUT2D eigenvalue weighted by atomic mass is 10.1. The van der Waals surface area contributed by atoms with Crippen LogP contribution in [0.1, 0.15) is 31.5 Å². The second-order valence-electron chi connectivity index (χ2n) is 4.73. The first kappa shape index (κ1) is 11.8. The molecule has 1 heterocycles. The van der Waals surface area contributed by atoms with Gasteiger partial charge in [-0.1, -0.05) is 28.1 Å². The summed E-state index contributed by atoms with van der Waals surface area (Å²) in [6.45, 7) is 3.01. The smallest absolute Gasteiger partial charge is 0.131 e. The number of halogens is 1. The average molecular weight is 306 g/mol. The van der Waals surface area contributed by atoms with E-state index in [-0.39, 0.29) is 0 Å². The number of benzene rings is 1. The van der Waals surface area contributed by atoms with Crippen LogP contribution in [0, 0.1) is 0 Å². The summed E-state index contributed by atoms with van der Waals surface area (Å²) in [4.78, 5) is 4.77. The number of rotatable bonds is 3. The molecule has 0 bridgehead atoms. The standard InChI is InChI=1S/C14H16BrN3/c1-2-18-13(16)12(17-14(18)9-6-7-9)10-4-3-5-11(15)8-10/h3-5,8-9H,2,6-7,16H2,1H3. The summed E-state index contributed by atoms with van der Waals surface area (Å²) in [6, 6.07) is 8.15. The molecule has 1 saturated carbocycles. The molecule has 3 nitrogen and oxygen atoms in total. The van der Waals surface area contributed by atoms with E-state index in [4.69, 9.17) is 10.7 Å². The number of hydrogen-bond acceptors (Lipinski definition) is 2. The molecule has 1 aromatic carbocycles. The maximum Gasteiger partial charge on any atom is 0.131 e. The predicted octanol–water partition coefficient (Wildman–Crippen LogP) is 3.79. The highest BCUT2D eigenvalue weighted by atomic mass is 79.9. The quantitative estimate of drug-likeness (QED) is 0.937. The van der Waals surface area contributed by atoms with Gasteiger partial charge in [0.15, 0.2) is 0 Å². The minimum Gasteiger partial charge on any atom is -0.383 e. The summed E-state index contributed by atoms with van der Waals surface area (Å²) in [5.74, 6) is 2.57. The van der Waals surface area contributed by atoms with Crippen LogP contribution < -0.4 is 5.73 Å². The van der Waals surface area contributed by atoms with Crippen molar-refractivity contribution in [2.45, 2.75) is 32.2 Å². The van der Waals surface area contributed by atoms with Crippen LogP contribution in [0.2, 0.25) is 0 Å². The zero-order chi connectivity index (χ0) is 12.7. The molecule has 0 amide bonds. The first-order valence-corrected chi connectivity index (χ1v) is 7.11. The van der Waals surface area contributed by atoms with Crippen molar-refractivity contribution in [3.8, 4) is 11.3 Å². The number of hydrogen-bond donors (Lipinski definition) is 1. The van der Waals surface area contributed by atoms with Crippen LogP contribution >= 0.6 is 15.9 Å². The third-order valence-electron chi connectivity index (χ3n) is 3.39. The first-order valence-electron chi connectivity index (χ1n) is 6.32. The van der Waals surface area contributed by atoms with Crippen LogP contribution in [-0.2, 0) is 6.54 Å². The molecule has 2 aromatic rings. The van der Waals surface area contributed by atoms with Crippen molar-refractivity contribution in [2.75, 3.05) is 5.73 Å². The van der Waals surface area contributed by atoms with E-state index >= 15 is 0 Å². The Balaban J connectivity index is 2.12. The van der Waals surface area contributed by atoms with E-state index < -0.39 is 0 Å². The van der Waals surface area contributed by atoms with Crippen LogP contribution in [0.4, 0.5) is 5.82 Å². The van der Waals surface area contributed by atoms with Gasteiger partial charge >= 0.3 is 0 Å². The van der Waals surface area contributed by atoms with Crippen LogP contribution in [0.3, 0.4) is 0 Å². The average Bonchev–Trinajstić information content (AvgIpc) is 3.13. The van der Waals surface area contributed by atoms with Crippen LogP contribution in [0.25, 0.3) is 11.3 Å². The van der Waals surface area contributed by atoms with Crippen molar-refractivity contribution in [3.05, 3.63) is 34.6 Å². The highest BCUT2D eigenvalue weighted by Gasteiger charge is 2.30. The Morgan fingerprint density at radius 2 is 2.22 bits per heavy atom. The topological polar surface area (TPSA) is 43.8 Å². The number of anilines is 1. The van der Waals surface area contributed by atoms with E-state index in [1.165, 1.54) is 12.8 Å². The van der Waals surface area contributed by atoms with Crippen molar-refractivity contribution in [2.24, 2.45) is 0 Å². The lowest BCUT2D eigenvalue weighted by Crippen LogP contribution is -2.04. The number of nitrogen functional groups attached to an aromatic ring is 1. The van der Waals surface area contributed by atoms with Crippen molar-refractivity contribution in [1.29, 1.82) is 0 Å². The Bertz CT molecular complexity index is 585. The molecule has 1 aromatic heterocycles. The van der Waals surface area contributed by atoms with Gasteiger partial charge in [0.25, 0.3) is 0 Å². The molecule has 0 radical (unpaired) electrons. The second-order valence-corrected chi connectivity index (χ2v) is 5.65. The van der Waals surface area contributed by atoms with E-state index in [0.29, 0.717) is 5.92 Å². The fourth-order valence-corrected chi connectivity index (χ4v) is 2.72. The highest BCUT2D eigenvalue weighted by molar-refractivity contribution is 9.10. The normalized spacial score (nSPS) is 15.0. The second kappa shape index (κ2) is 4.43. The highest BCUT2D eigenvalue weighted by Crippen LogP contribution is 2.42. The summed E-state index contributed by atoms with van der Waals surface area (Å²) in [6.07, 6.45) is 2.49. The van der Waals surface area contributed by atoms with Gasteiger partial charge in [0, 0.05) is 22.5 Å². The molecule has 94 valence electrons. The van der Waals surface area contributed by atoms with Gasteiger partial charge in [0.05, 0.1) is 0 Å². The zero-order valence-electron chi connectivity index (χ0n) is 10.4. The molecule has 1 aliphatic carbocycles.